The molecule has 0 saturated heterocycles. The smallest absolute Gasteiger partial charge is 0.315 e. The Morgan fingerprint density at radius 3 is 2.22 bits per heavy atom. The highest BCUT2D eigenvalue weighted by molar-refractivity contribution is 5.80. The molecule has 2 rings (SSSR count). The Morgan fingerprint density at radius 1 is 1.04 bits per heavy atom. The molecule has 0 saturated carbocycles. The van der Waals surface area contributed by atoms with Crippen molar-refractivity contribution in [3.8, 4) is 5.75 Å². The van der Waals surface area contributed by atoms with Crippen molar-refractivity contribution in [1.82, 2.24) is 0 Å². The minimum absolute atomic E-state index is 0.152. The van der Waals surface area contributed by atoms with Crippen LogP contribution in [0.3, 0.4) is 0 Å². The molecule has 0 fully saturated rings. The summed E-state index contributed by atoms with van der Waals surface area (Å²) in [6, 6.07) is 16.3. The predicted octanol–water partition coefficient (Wildman–Crippen LogP) is 3.30. The highest BCUT2D eigenvalue weighted by Crippen LogP contribution is 2.26. The van der Waals surface area contributed by atoms with Crippen molar-refractivity contribution in [2.45, 2.75) is 19.3 Å². The molecule has 4 heteroatoms. The summed E-state index contributed by atoms with van der Waals surface area (Å²) < 4.78 is 5.62. The number of carboxylic acids is 1. The lowest BCUT2D eigenvalue weighted by Crippen LogP contribution is -2.13. The van der Waals surface area contributed by atoms with Gasteiger partial charge in [-0.1, -0.05) is 49.4 Å². The van der Waals surface area contributed by atoms with Crippen molar-refractivity contribution in [2.24, 2.45) is 5.92 Å². The second kappa shape index (κ2) is 8.34. The second-order valence-corrected chi connectivity index (χ2v) is 5.68. The largest absolute Gasteiger partial charge is 0.494 e. The van der Waals surface area contributed by atoms with Crippen LogP contribution in [0.25, 0.3) is 0 Å². The van der Waals surface area contributed by atoms with Crippen molar-refractivity contribution in [3.63, 3.8) is 0 Å². The number of hydrogen-bond donors (Lipinski definition) is 2. The Hall–Kier alpha value is -2.33. The van der Waals surface area contributed by atoms with Crippen LogP contribution in [0.2, 0.25) is 0 Å². The van der Waals surface area contributed by atoms with Crippen molar-refractivity contribution < 1.29 is 19.7 Å². The van der Waals surface area contributed by atoms with Crippen LogP contribution in [0.1, 0.15) is 30.4 Å². The topological polar surface area (TPSA) is 66.8 Å². The maximum atomic E-state index is 11.6. The number of rotatable bonds is 8. The van der Waals surface area contributed by atoms with E-state index in [2.05, 4.69) is 0 Å². The summed E-state index contributed by atoms with van der Waals surface area (Å²) in [5.74, 6) is -0.638. The molecule has 122 valence electrons. The van der Waals surface area contributed by atoms with Gasteiger partial charge in [-0.15, -0.1) is 0 Å². The highest BCUT2D eigenvalue weighted by atomic mass is 16.5. The van der Waals surface area contributed by atoms with Crippen molar-refractivity contribution in [1.29, 1.82) is 0 Å². The molecule has 0 aliphatic carbocycles. The third kappa shape index (κ3) is 4.83. The Kier molecular flexibility index (Phi) is 6.18. The molecule has 0 aliphatic rings. The van der Waals surface area contributed by atoms with E-state index in [4.69, 9.17) is 9.84 Å². The molecule has 0 heterocycles. The molecule has 23 heavy (non-hydrogen) atoms. The quantitative estimate of drug-likeness (QED) is 0.784. The van der Waals surface area contributed by atoms with Crippen LogP contribution in [-0.4, -0.2) is 29.4 Å². The zero-order chi connectivity index (χ0) is 16.7. The minimum atomic E-state index is -0.873. The maximum absolute atomic E-state index is 11.6. The first kappa shape index (κ1) is 17.0. The zero-order valence-corrected chi connectivity index (χ0v) is 13.2. The molecule has 2 N–H and O–H groups in total. The number of aliphatic hydroxyl groups excluding tert-OH is 1. The van der Waals surface area contributed by atoms with Crippen molar-refractivity contribution in [2.75, 3.05) is 13.2 Å². The SMILES string of the molecule is CC(CO)CCOc1ccc(C(C(=O)O)c2ccccc2)cc1. The van der Waals surface area contributed by atoms with Gasteiger partial charge < -0.3 is 14.9 Å². The molecule has 0 aliphatic heterocycles. The first-order chi connectivity index (χ1) is 11.1. The normalized spacial score (nSPS) is 13.3. The van der Waals surface area contributed by atoms with Gasteiger partial charge in [-0.3, -0.25) is 4.79 Å². The van der Waals surface area contributed by atoms with Crippen LogP contribution in [-0.2, 0) is 4.79 Å². The third-order valence-electron chi connectivity index (χ3n) is 3.78. The van der Waals surface area contributed by atoms with Crippen molar-refractivity contribution >= 4 is 5.97 Å². The van der Waals surface area contributed by atoms with E-state index in [0.29, 0.717) is 12.4 Å². The fourth-order valence-corrected chi connectivity index (χ4v) is 2.35. The number of carbonyl (C=O) groups is 1. The van der Waals surface area contributed by atoms with Gasteiger partial charge in [0.05, 0.1) is 6.61 Å². The van der Waals surface area contributed by atoms with Gasteiger partial charge in [0.15, 0.2) is 0 Å². The summed E-state index contributed by atoms with van der Waals surface area (Å²) >= 11 is 0. The van der Waals surface area contributed by atoms with E-state index in [1.807, 2.05) is 37.3 Å². The molecule has 0 amide bonds. The van der Waals surface area contributed by atoms with E-state index < -0.39 is 11.9 Å². The Labute approximate surface area is 136 Å². The lowest BCUT2D eigenvalue weighted by Gasteiger charge is -2.14. The van der Waals surface area contributed by atoms with Crippen LogP contribution in [0.4, 0.5) is 0 Å². The van der Waals surface area contributed by atoms with Gasteiger partial charge in [0.1, 0.15) is 11.7 Å². The summed E-state index contributed by atoms with van der Waals surface area (Å²) in [4.78, 5) is 11.6. The van der Waals surface area contributed by atoms with E-state index in [9.17, 15) is 9.90 Å². The van der Waals surface area contributed by atoms with E-state index in [-0.39, 0.29) is 12.5 Å². The molecule has 0 spiro atoms. The maximum Gasteiger partial charge on any atom is 0.315 e. The first-order valence-corrected chi connectivity index (χ1v) is 7.73. The zero-order valence-electron chi connectivity index (χ0n) is 13.2. The number of carboxylic acid groups (broad SMARTS) is 1. The number of hydrogen-bond acceptors (Lipinski definition) is 3. The fraction of sp³-hybridized carbons (Fsp3) is 0.316. The van der Waals surface area contributed by atoms with Gasteiger partial charge in [0.2, 0.25) is 0 Å². The summed E-state index contributed by atoms with van der Waals surface area (Å²) in [5.41, 5.74) is 1.48. The first-order valence-electron chi connectivity index (χ1n) is 7.73. The standard InChI is InChI=1S/C19H22O4/c1-14(13-20)11-12-23-17-9-7-16(8-10-17)18(19(21)22)15-5-3-2-4-6-15/h2-10,14,18,20H,11-13H2,1H3,(H,21,22). The van der Waals surface area contributed by atoms with Gasteiger partial charge in [-0.25, -0.2) is 0 Å². The number of aliphatic hydroxyl groups is 1. The van der Waals surface area contributed by atoms with Gasteiger partial charge in [-0.2, -0.15) is 0 Å². The average Bonchev–Trinajstić information content (AvgIpc) is 2.57. The number of ether oxygens (including phenoxy) is 1. The van der Waals surface area contributed by atoms with Gasteiger partial charge in [0, 0.05) is 6.61 Å². The molecule has 2 aromatic carbocycles. The van der Waals surface area contributed by atoms with Crippen LogP contribution in [0.5, 0.6) is 5.75 Å². The van der Waals surface area contributed by atoms with Crippen LogP contribution < -0.4 is 4.74 Å². The summed E-state index contributed by atoms with van der Waals surface area (Å²) in [6.45, 7) is 2.64. The number of benzene rings is 2. The monoisotopic (exact) mass is 314 g/mol. The highest BCUT2D eigenvalue weighted by Gasteiger charge is 2.21. The summed E-state index contributed by atoms with van der Waals surface area (Å²) in [5, 5.41) is 18.5. The Morgan fingerprint density at radius 2 is 1.65 bits per heavy atom. The lowest BCUT2D eigenvalue weighted by molar-refractivity contribution is -0.137. The third-order valence-corrected chi connectivity index (χ3v) is 3.78. The molecule has 0 bridgehead atoms. The summed E-state index contributed by atoms with van der Waals surface area (Å²) in [6.07, 6.45) is 0.778. The minimum Gasteiger partial charge on any atom is -0.494 e. The van der Waals surface area contributed by atoms with Crippen LogP contribution in [0.15, 0.2) is 54.6 Å². The van der Waals surface area contributed by atoms with E-state index in [0.717, 1.165) is 17.5 Å². The molecule has 4 nitrogen and oxygen atoms in total. The molecule has 0 radical (unpaired) electrons. The lowest BCUT2D eigenvalue weighted by atomic mass is 9.91. The van der Waals surface area contributed by atoms with E-state index >= 15 is 0 Å². The molecular formula is C19H22O4. The second-order valence-electron chi connectivity index (χ2n) is 5.68. The molecule has 0 aromatic heterocycles. The molecule has 2 aromatic rings. The average molecular weight is 314 g/mol. The molecule has 2 unspecified atom stereocenters. The fourth-order valence-electron chi connectivity index (χ4n) is 2.35. The summed E-state index contributed by atoms with van der Waals surface area (Å²) in [7, 11) is 0. The Bertz CT molecular complexity index is 607. The molecular weight excluding hydrogens is 292 g/mol. The predicted molar refractivity (Wildman–Crippen MR) is 88.7 cm³/mol. The van der Waals surface area contributed by atoms with Gasteiger partial charge in [0.25, 0.3) is 0 Å². The van der Waals surface area contributed by atoms with E-state index in [1.165, 1.54) is 0 Å². The van der Waals surface area contributed by atoms with Crippen LogP contribution in [0, 0.1) is 5.92 Å². The van der Waals surface area contributed by atoms with Gasteiger partial charge in [-0.05, 0) is 35.6 Å². The van der Waals surface area contributed by atoms with E-state index in [1.54, 1.807) is 24.3 Å². The van der Waals surface area contributed by atoms with Gasteiger partial charge >= 0.3 is 5.97 Å². The molecule has 2 atom stereocenters. The number of aliphatic carboxylic acids is 1. The van der Waals surface area contributed by atoms with Crippen LogP contribution >= 0.6 is 0 Å². The van der Waals surface area contributed by atoms with Crippen molar-refractivity contribution in [3.05, 3.63) is 65.7 Å². The Balaban J connectivity index is 2.06.